The van der Waals surface area contributed by atoms with Gasteiger partial charge in [-0.1, -0.05) is 89.6 Å². The Balaban J connectivity index is 2.63. The summed E-state index contributed by atoms with van der Waals surface area (Å²) >= 11 is 0. The van der Waals surface area contributed by atoms with E-state index in [0.717, 1.165) is 0 Å². The highest BCUT2D eigenvalue weighted by atomic mass is 14.3. The minimum Gasteiger partial charge on any atom is -0.0654 e. The minimum atomic E-state index is 0.394. The molecule has 1 aromatic carbocycles. The first-order valence-electron chi connectivity index (χ1n) is 7.78. The highest BCUT2D eigenvalue weighted by Gasteiger charge is 2.24. The molecule has 0 spiro atoms. The highest BCUT2D eigenvalue weighted by molar-refractivity contribution is 5.24. The molecule has 0 saturated carbocycles. The topological polar surface area (TPSA) is 0 Å². The maximum Gasteiger partial charge on any atom is -0.00753 e. The molecule has 0 fully saturated rings. The predicted octanol–water partition coefficient (Wildman–Crippen LogP) is 6.10. The molecule has 102 valence electrons. The Morgan fingerprint density at radius 1 is 0.778 bits per heavy atom. The fourth-order valence-electron chi connectivity index (χ4n) is 2.76. The molecule has 0 N–H and O–H groups in total. The largest absolute Gasteiger partial charge is 0.0654 e. The van der Waals surface area contributed by atoms with Crippen LogP contribution < -0.4 is 0 Å². The molecule has 0 radical (unpaired) electrons. The summed E-state index contributed by atoms with van der Waals surface area (Å²) < 4.78 is 0. The summed E-state index contributed by atoms with van der Waals surface area (Å²) in [5.41, 5.74) is 1.93. The van der Waals surface area contributed by atoms with Gasteiger partial charge in [0.2, 0.25) is 0 Å². The minimum absolute atomic E-state index is 0.394. The Morgan fingerprint density at radius 2 is 1.39 bits per heavy atom. The molecule has 0 aliphatic heterocycles. The molecule has 0 saturated heterocycles. The lowest BCUT2D eigenvalue weighted by atomic mass is 9.74. The van der Waals surface area contributed by atoms with Gasteiger partial charge in [-0.05, 0) is 23.8 Å². The van der Waals surface area contributed by atoms with Crippen LogP contribution in [0.25, 0.3) is 0 Å². The molecule has 0 aliphatic rings. The van der Waals surface area contributed by atoms with E-state index >= 15 is 0 Å². The summed E-state index contributed by atoms with van der Waals surface area (Å²) in [5.74, 6) is 0. The van der Waals surface area contributed by atoms with Gasteiger partial charge < -0.3 is 0 Å². The fourth-order valence-corrected chi connectivity index (χ4v) is 2.76. The third kappa shape index (κ3) is 4.84. The second kappa shape index (κ2) is 8.34. The second-order valence-electron chi connectivity index (χ2n) is 5.84. The van der Waals surface area contributed by atoms with Crippen molar-refractivity contribution in [2.75, 3.05) is 0 Å². The number of hydrogen-bond acceptors (Lipinski definition) is 0. The van der Waals surface area contributed by atoms with E-state index in [0.29, 0.717) is 5.41 Å². The molecule has 1 aromatic rings. The van der Waals surface area contributed by atoms with Crippen molar-refractivity contribution in [3.63, 3.8) is 0 Å². The van der Waals surface area contributed by atoms with Crippen LogP contribution in [0, 0.1) is 0 Å². The van der Waals surface area contributed by atoms with E-state index in [-0.39, 0.29) is 0 Å². The van der Waals surface area contributed by atoms with Crippen molar-refractivity contribution in [1.82, 2.24) is 0 Å². The van der Waals surface area contributed by atoms with E-state index in [1.54, 1.807) is 0 Å². The zero-order valence-electron chi connectivity index (χ0n) is 12.5. The Bertz CT molecular complexity index is 301. The van der Waals surface area contributed by atoms with Crippen LogP contribution in [0.5, 0.6) is 0 Å². The third-order valence-corrected chi connectivity index (χ3v) is 4.13. The predicted molar refractivity (Wildman–Crippen MR) is 82.1 cm³/mol. The van der Waals surface area contributed by atoms with Crippen LogP contribution in [0.2, 0.25) is 0 Å². The van der Waals surface area contributed by atoms with Crippen molar-refractivity contribution in [1.29, 1.82) is 0 Å². The number of rotatable bonds is 9. The second-order valence-corrected chi connectivity index (χ2v) is 5.84. The van der Waals surface area contributed by atoms with Crippen LogP contribution in [-0.2, 0) is 5.41 Å². The van der Waals surface area contributed by atoms with Gasteiger partial charge in [-0.25, -0.2) is 0 Å². The number of benzene rings is 1. The quantitative estimate of drug-likeness (QED) is 0.461. The van der Waals surface area contributed by atoms with E-state index in [1.165, 1.54) is 56.9 Å². The van der Waals surface area contributed by atoms with Crippen molar-refractivity contribution in [2.24, 2.45) is 0 Å². The van der Waals surface area contributed by atoms with Crippen molar-refractivity contribution < 1.29 is 0 Å². The Morgan fingerprint density at radius 3 is 2.00 bits per heavy atom. The molecule has 0 heteroatoms. The van der Waals surface area contributed by atoms with Gasteiger partial charge in [-0.3, -0.25) is 0 Å². The van der Waals surface area contributed by atoms with Gasteiger partial charge in [0.05, 0.1) is 0 Å². The van der Waals surface area contributed by atoms with Crippen LogP contribution in [0.3, 0.4) is 0 Å². The van der Waals surface area contributed by atoms with Crippen molar-refractivity contribution in [2.45, 2.75) is 77.6 Å². The first-order valence-corrected chi connectivity index (χ1v) is 7.78. The first-order chi connectivity index (χ1) is 8.73. The summed E-state index contributed by atoms with van der Waals surface area (Å²) in [6, 6.07) is 11.1. The van der Waals surface area contributed by atoms with Gasteiger partial charge in [-0.15, -0.1) is 0 Å². The maximum atomic E-state index is 2.46. The lowest BCUT2D eigenvalue weighted by Crippen LogP contribution is -2.21. The smallest absolute Gasteiger partial charge is 0.00753 e. The maximum absolute atomic E-state index is 2.46. The molecule has 1 unspecified atom stereocenters. The normalized spacial score (nSPS) is 14.4. The van der Waals surface area contributed by atoms with Gasteiger partial charge in [0.25, 0.3) is 0 Å². The molecule has 1 atom stereocenters. The molecular formula is C18H30. The van der Waals surface area contributed by atoms with Crippen molar-refractivity contribution >= 4 is 0 Å². The summed E-state index contributed by atoms with van der Waals surface area (Å²) in [4.78, 5) is 0. The molecule has 0 heterocycles. The summed E-state index contributed by atoms with van der Waals surface area (Å²) in [7, 11) is 0. The summed E-state index contributed by atoms with van der Waals surface area (Å²) in [5, 5.41) is 0. The van der Waals surface area contributed by atoms with Crippen LogP contribution in [0.4, 0.5) is 0 Å². The van der Waals surface area contributed by atoms with Crippen molar-refractivity contribution in [3.05, 3.63) is 35.9 Å². The van der Waals surface area contributed by atoms with Gasteiger partial charge in [0, 0.05) is 0 Å². The van der Waals surface area contributed by atoms with Crippen LogP contribution in [-0.4, -0.2) is 0 Å². The van der Waals surface area contributed by atoms with Crippen LogP contribution in [0.15, 0.2) is 30.3 Å². The Kier molecular flexibility index (Phi) is 7.08. The summed E-state index contributed by atoms with van der Waals surface area (Å²) in [6.07, 6.45) is 10.8. The Labute approximate surface area is 114 Å². The third-order valence-electron chi connectivity index (χ3n) is 4.13. The fraction of sp³-hybridized carbons (Fsp3) is 0.667. The zero-order valence-corrected chi connectivity index (χ0v) is 12.5. The van der Waals surface area contributed by atoms with Crippen LogP contribution in [0.1, 0.15) is 77.7 Å². The molecule has 1 rings (SSSR count). The molecule has 18 heavy (non-hydrogen) atoms. The molecule has 0 aromatic heterocycles. The Hall–Kier alpha value is -0.780. The van der Waals surface area contributed by atoms with Gasteiger partial charge in [0.15, 0.2) is 0 Å². The van der Waals surface area contributed by atoms with Gasteiger partial charge >= 0.3 is 0 Å². The molecular weight excluding hydrogens is 216 g/mol. The number of hydrogen-bond donors (Lipinski definition) is 0. The lowest BCUT2D eigenvalue weighted by molar-refractivity contribution is 0.369. The van der Waals surface area contributed by atoms with E-state index in [4.69, 9.17) is 0 Å². The monoisotopic (exact) mass is 246 g/mol. The van der Waals surface area contributed by atoms with E-state index in [1.807, 2.05) is 0 Å². The van der Waals surface area contributed by atoms with Gasteiger partial charge in [0.1, 0.15) is 0 Å². The zero-order chi connectivity index (χ0) is 13.3. The molecule has 0 aliphatic carbocycles. The van der Waals surface area contributed by atoms with E-state index < -0.39 is 0 Å². The number of unbranched alkanes of at least 4 members (excludes halogenated alkanes) is 4. The van der Waals surface area contributed by atoms with E-state index in [2.05, 4.69) is 51.1 Å². The SMILES string of the molecule is CCCCCCC(C)(CCCC)c1ccccc1. The standard InChI is InChI=1S/C18H30/c1-4-6-8-12-16-18(3,15-7-5-2)17-13-10-9-11-14-17/h9-11,13-14H,4-8,12,15-16H2,1-3H3. The van der Waals surface area contributed by atoms with Gasteiger partial charge in [-0.2, -0.15) is 0 Å². The average molecular weight is 246 g/mol. The van der Waals surface area contributed by atoms with Crippen LogP contribution >= 0.6 is 0 Å². The van der Waals surface area contributed by atoms with Crippen molar-refractivity contribution in [3.8, 4) is 0 Å². The van der Waals surface area contributed by atoms with E-state index in [9.17, 15) is 0 Å². The molecule has 0 bridgehead atoms. The summed E-state index contributed by atoms with van der Waals surface area (Å²) in [6.45, 7) is 7.04. The molecule has 0 amide bonds. The first kappa shape index (κ1) is 15.3. The highest BCUT2D eigenvalue weighted by Crippen LogP contribution is 2.34. The lowest BCUT2D eigenvalue weighted by Gasteiger charge is -2.30. The molecule has 0 nitrogen and oxygen atoms in total. The average Bonchev–Trinajstić information content (AvgIpc) is 2.42.